The topological polar surface area (TPSA) is 101 Å². The number of methoxy groups -OCH3 is 1. The molecule has 1 spiro atoms. The molecule has 2 aromatic rings. The van der Waals surface area contributed by atoms with E-state index >= 15 is 0 Å². The molecule has 1 saturated heterocycles. The van der Waals surface area contributed by atoms with Gasteiger partial charge in [-0.1, -0.05) is 35.3 Å². The number of nitrogens with zero attached hydrogens (tertiary/aromatic N) is 2. The second-order valence-electron chi connectivity index (χ2n) is 10.3. The molecule has 38 heavy (non-hydrogen) atoms. The molecule has 2 fully saturated rings. The molecule has 8 nitrogen and oxygen atoms in total. The average molecular weight is 562 g/mol. The Kier molecular flexibility index (Phi) is 9.49. The molecule has 2 aliphatic heterocycles. The standard InChI is InChI=1S/C22H30N4O4.C6H4Cl2/c1-30-19(28)8-10-24-21(29)16-11-22(12-16)13-26(14-22)18(27)7-6-17-5-4-15-3-2-9-23-20(15)25-17;7-5-2-1-3-6(8)4-5/h4-5,16H,2-3,6-14H2,1H3,(H,23,25)(H,24,29);1-4H. The number of carbonyl (C=O) groups is 3. The number of fused-ring (bicyclic) bond motifs is 1. The van der Waals surface area contributed by atoms with Crippen LogP contribution in [-0.2, 0) is 32.0 Å². The van der Waals surface area contributed by atoms with Crippen LogP contribution in [-0.4, -0.2) is 61.0 Å². The Morgan fingerprint density at radius 3 is 2.53 bits per heavy atom. The van der Waals surface area contributed by atoms with Gasteiger partial charge in [-0.3, -0.25) is 14.4 Å². The Balaban J connectivity index is 0.000000360. The second kappa shape index (κ2) is 12.8. The van der Waals surface area contributed by atoms with Gasteiger partial charge in [0, 0.05) is 59.7 Å². The van der Waals surface area contributed by atoms with Gasteiger partial charge in [-0.2, -0.15) is 0 Å². The molecule has 5 rings (SSSR count). The van der Waals surface area contributed by atoms with E-state index in [0.717, 1.165) is 56.8 Å². The largest absolute Gasteiger partial charge is 0.469 e. The minimum absolute atomic E-state index is 0.00129. The van der Waals surface area contributed by atoms with Crippen LogP contribution in [0.4, 0.5) is 5.82 Å². The Labute approximate surface area is 233 Å². The third-order valence-electron chi connectivity index (χ3n) is 7.32. The highest BCUT2D eigenvalue weighted by molar-refractivity contribution is 6.34. The molecule has 1 aromatic heterocycles. The van der Waals surface area contributed by atoms with E-state index in [2.05, 4.69) is 26.4 Å². The van der Waals surface area contributed by atoms with Gasteiger partial charge < -0.3 is 20.3 Å². The van der Waals surface area contributed by atoms with Gasteiger partial charge in [-0.05, 0) is 61.9 Å². The summed E-state index contributed by atoms with van der Waals surface area (Å²) in [7, 11) is 1.34. The number of aryl methyl sites for hydroxylation is 2. The Morgan fingerprint density at radius 2 is 1.87 bits per heavy atom. The SMILES string of the molecule is COC(=O)CCNC(=O)C1CC2(C1)CN(C(=O)CCc1ccc3c(n1)NCCC3)C2.Clc1cccc(Cl)c1. The van der Waals surface area contributed by atoms with E-state index in [1.807, 2.05) is 17.0 Å². The van der Waals surface area contributed by atoms with Gasteiger partial charge in [0.05, 0.1) is 13.5 Å². The van der Waals surface area contributed by atoms with Crippen molar-refractivity contribution in [3.05, 3.63) is 57.7 Å². The van der Waals surface area contributed by atoms with Crippen molar-refractivity contribution in [3.63, 3.8) is 0 Å². The van der Waals surface area contributed by atoms with Crippen molar-refractivity contribution in [2.75, 3.05) is 38.6 Å². The van der Waals surface area contributed by atoms with E-state index in [1.54, 1.807) is 18.2 Å². The number of carbonyl (C=O) groups excluding carboxylic acids is 3. The number of nitrogens with one attached hydrogen (secondary N) is 2. The maximum Gasteiger partial charge on any atom is 0.307 e. The zero-order chi connectivity index (χ0) is 27.1. The summed E-state index contributed by atoms with van der Waals surface area (Å²) in [6.07, 6.45) is 5.16. The average Bonchev–Trinajstić information content (AvgIpc) is 2.85. The highest BCUT2D eigenvalue weighted by Gasteiger charge is 2.55. The van der Waals surface area contributed by atoms with Crippen LogP contribution in [0.2, 0.25) is 10.0 Å². The summed E-state index contributed by atoms with van der Waals surface area (Å²) in [6.45, 7) is 2.77. The summed E-state index contributed by atoms with van der Waals surface area (Å²) in [5.74, 6) is 0.808. The van der Waals surface area contributed by atoms with Crippen LogP contribution in [0.25, 0.3) is 0 Å². The minimum Gasteiger partial charge on any atom is -0.469 e. The van der Waals surface area contributed by atoms with Gasteiger partial charge in [0.1, 0.15) is 5.82 Å². The Hall–Kier alpha value is -2.84. The van der Waals surface area contributed by atoms with Gasteiger partial charge in [-0.15, -0.1) is 0 Å². The molecule has 204 valence electrons. The summed E-state index contributed by atoms with van der Waals surface area (Å²) in [4.78, 5) is 42.3. The summed E-state index contributed by atoms with van der Waals surface area (Å²) < 4.78 is 4.56. The normalized spacial score (nSPS) is 17.1. The summed E-state index contributed by atoms with van der Waals surface area (Å²) >= 11 is 11.1. The van der Waals surface area contributed by atoms with Gasteiger partial charge in [0.15, 0.2) is 0 Å². The molecular weight excluding hydrogens is 527 g/mol. The van der Waals surface area contributed by atoms with E-state index in [4.69, 9.17) is 23.2 Å². The van der Waals surface area contributed by atoms with E-state index in [9.17, 15) is 14.4 Å². The number of rotatable bonds is 7. The first-order valence-electron chi connectivity index (χ1n) is 13.0. The first-order valence-corrected chi connectivity index (χ1v) is 13.8. The van der Waals surface area contributed by atoms with Crippen molar-refractivity contribution in [2.24, 2.45) is 11.3 Å². The van der Waals surface area contributed by atoms with Gasteiger partial charge in [-0.25, -0.2) is 4.98 Å². The molecule has 1 aliphatic carbocycles. The number of halogens is 2. The number of amides is 2. The lowest BCUT2D eigenvalue weighted by Crippen LogP contribution is -2.65. The lowest BCUT2D eigenvalue weighted by Gasteiger charge is -2.58. The second-order valence-corrected chi connectivity index (χ2v) is 11.1. The number of hydrogen-bond donors (Lipinski definition) is 2. The van der Waals surface area contributed by atoms with Crippen LogP contribution < -0.4 is 10.6 Å². The zero-order valence-electron chi connectivity index (χ0n) is 21.6. The van der Waals surface area contributed by atoms with Gasteiger partial charge in [0.25, 0.3) is 0 Å². The molecule has 0 bridgehead atoms. The minimum atomic E-state index is -0.324. The third kappa shape index (κ3) is 7.38. The molecule has 0 radical (unpaired) electrons. The Morgan fingerprint density at radius 1 is 1.13 bits per heavy atom. The quantitative estimate of drug-likeness (QED) is 0.490. The molecular formula is C28H34Cl2N4O4. The van der Waals surface area contributed by atoms with E-state index in [-0.39, 0.29) is 35.5 Å². The maximum atomic E-state index is 12.5. The van der Waals surface area contributed by atoms with Crippen LogP contribution in [0.5, 0.6) is 0 Å². The van der Waals surface area contributed by atoms with Crippen molar-refractivity contribution < 1.29 is 19.1 Å². The number of hydrogen-bond acceptors (Lipinski definition) is 6. The number of benzene rings is 1. The maximum absolute atomic E-state index is 12.5. The van der Waals surface area contributed by atoms with Crippen molar-refractivity contribution in [1.29, 1.82) is 0 Å². The highest BCUT2D eigenvalue weighted by atomic mass is 35.5. The molecule has 1 saturated carbocycles. The predicted molar refractivity (Wildman–Crippen MR) is 147 cm³/mol. The Bertz CT molecular complexity index is 1140. The molecule has 0 atom stereocenters. The van der Waals surface area contributed by atoms with E-state index < -0.39 is 0 Å². The first kappa shape index (κ1) is 28.2. The number of ether oxygens (including phenoxy) is 1. The van der Waals surface area contributed by atoms with Crippen molar-refractivity contribution >= 4 is 46.8 Å². The fraction of sp³-hybridized carbons (Fsp3) is 0.500. The van der Waals surface area contributed by atoms with Crippen molar-refractivity contribution in [3.8, 4) is 0 Å². The van der Waals surface area contributed by atoms with Crippen molar-refractivity contribution in [2.45, 2.75) is 44.9 Å². The molecule has 10 heteroatoms. The van der Waals surface area contributed by atoms with Crippen LogP contribution in [0.1, 0.15) is 43.4 Å². The van der Waals surface area contributed by atoms with Crippen LogP contribution >= 0.6 is 23.2 Å². The molecule has 0 unspecified atom stereocenters. The third-order valence-corrected chi connectivity index (χ3v) is 7.79. The highest BCUT2D eigenvalue weighted by Crippen LogP contribution is 2.52. The monoisotopic (exact) mass is 560 g/mol. The molecule has 2 amide bonds. The van der Waals surface area contributed by atoms with Crippen molar-refractivity contribution in [1.82, 2.24) is 15.2 Å². The number of anilines is 1. The van der Waals surface area contributed by atoms with Crippen LogP contribution in [0, 0.1) is 11.3 Å². The molecule has 3 heterocycles. The number of esters is 1. The summed E-state index contributed by atoms with van der Waals surface area (Å²) in [5, 5.41) is 7.49. The smallest absolute Gasteiger partial charge is 0.307 e. The predicted octanol–water partition coefficient (Wildman–Crippen LogP) is 4.28. The number of aromatic nitrogens is 1. The van der Waals surface area contributed by atoms with E-state index in [1.165, 1.54) is 12.7 Å². The van der Waals surface area contributed by atoms with Gasteiger partial charge in [0.2, 0.25) is 11.8 Å². The molecule has 2 N–H and O–H groups in total. The lowest BCUT2D eigenvalue weighted by molar-refractivity contribution is -0.159. The fourth-order valence-corrected chi connectivity index (χ4v) is 5.70. The summed E-state index contributed by atoms with van der Waals surface area (Å²) in [6, 6.07) is 11.2. The van der Waals surface area contributed by atoms with Crippen LogP contribution in [0.3, 0.4) is 0 Å². The van der Waals surface area contributed by atoms with E-state index in [0.29, 0.717) is 29.4 Å². The first-order chi connectivity index (χ1) is 18.3. The number of likely N-dealkylation sites (tertiary alicyclic amines) is 1. The fourth-order valence-electron chi connectivity index (χ4n) is 5.26. The molecule has 3 aliphatic rings. The van der Waals surface area contributed by atoms with Crippen LogP contribution in [0.15, 0.2) is 36.4 Å². The lowest BCUT2D eigenvalue weighted by atomic mass is 9.57. The summed E-state index contributed by atoms with van der Waals surface area (Å²) in [5.41, 5.74) is 2.34. The molecule has 1 aromatic carbocycles. The zero-order valence-corrected chi connectivity index (χ0v) is 23.1. The van der Waals surface area contributed by atoms with Gasteiger partial charge >= 0.3 is 5.97 Å². The number of pyridine rings is 1.